The van der Waals surface area contributed by atoms with Crippen molar-refractivity contribution in [1.82, 2.24) is 20.4 Å². The van der Waals surface area contributed by atoms with Gasteiger partial charge in [-0.3, -0.25) is 9.59 Å². The van der Waals surface area contributed by atoms with Crippen LogP contribution < -0.4 is 10.6 Å². The SMILES string of the molecule is C=C(C)C(=O)N(CC)CCOC(=O)NCCCNC(=O)OCCN(CC)C(=O)C(=C)C. The Hall–Kier alpha value is -3.04. The molecule has 10 nitrogen and oxygen atoms in total. The molecule has 0 aromatic carbocycles. The molecule has 0 heterocycles. The summed E-state index contributed by atoms with van der Waals surface area (Å²) in [5.41, 5.74) is 0.862. The lowest BCUT2D eigenvalue weighted by atomic mass is 10.3. The fourth-order valence-electron chi connectivity index (χ4n) is 2.41. The van der Waals surface area contributed by atoms with Gasteiger partial charge in [0.15, 0.2) is 0 Å². The fraction of sp³-hybridized carbons (Fsp3) is 0.619. The Balaban J connectivity index is 3.87. The van der Waals surface area contributed by atoms with Crippen LogP contribution in [0.15, 0.2) is 24.3 Å². The maximum atomic E-state index is 11.8. The van der Waals surface area contributed by atoms with Gasteiger partial charge in [0.1, 0.15) is 13.2 Å². The Kier molecular flexibility index (Phi) is 14.2. The van der Waals surface area contributed by atoms with Crippen LogP contribution in [-0.2, 0) is 19.1 Å². The number of hydrogen-bond donors (Lipinski definition) is 2. The van der Waals surface area contributed by atoms with E-state index in [9.17, 15) is 19.2 Å². The summed E-state index contributed by atoms with van der Waals surface area (Å²) in [7, 11) is 0. The van der Waals surface area contributed by atoms with E-state index in [4.69, 9.17) is 9.47 Å². The van der Waals surface area contributed by atoms with Gasteiger partial charge in [0, 0.05) is 37.3 Å². The van der Waals surface area contributed by atoms with Crippen molar-refractivity contribution < 1.29 is 28.7 Å². The Morgan fingerprint density at radius 3 is 1.39 bits per heavy atom. The third-order valence-corrected chi connectivity index (χ3v) is 4.15. The maximum absolute atomic E-state index is 11.8. The highest BCUT2D eigenvalue weighted by Gasteiger charge is 2.13. The van der Waals surface area contributed by atoms with Crippen molar-refractivity contribution >= 4 is 24.0 Å². The molecule has 0 rings (SSSR count). The van der Waals surface area contributed by atoms with Gasteiger partial charge in [-0.25, -0.2) is 9.59 Å². The molecule has 0 aliphatic carbocycles. The van der Waals surface area contributed by atoms with Crippen LogP contribution in [0.2, 0.25) is 0 Å². The molecule has 0 unspecified atom stereocenters. The van der Waals surface area contributed by atoms with E-state index in [2.05, 4.69) is 23.8 Å². The summed E-state index contributed by atoms with van der Waals surface area (Å²) in [5.74, 6) is -0.344. The fourth-order valence-corrected chi connectivity index (χ4v) is 2.41. The van der Waals surface area contributed by atoms with Crippen molar-refractivity contribution in [3.63, 3.8) is 0 Å². The Labute approximate surface area is 184 Å². The number of ether oxygens (including phenoxy) is 2. The molecule has 0 radical (unpaired) electrons. The number of alkyl carbamates (subject to hydrolysis) is 2. The average molecular weight is 441 g/mol. The van der Waals surface area contributed by atoms with E-state index in [1.807, 2.05) is 13.8 Å². The highest BCUT2D eigenvalue weighted by atomic mass is 16.6. The van der Waals surface area contributed by atoms with Gasteiger partial charge in [-0.15, -0.1) is 0 Å². The van der Waals surface area contributed by atoms with Crippen LogP contribution >= 0.6 is 0 Å². The lowest BCUT2D eigenvalue weighted by Gasteiger charge is -2.20. The van der Waals surface area contributed by atoms with Gasteiger partial charge < -0.3 is 29.9 Å². The summed E-state index contributed by atoms with van der Waals surface area (Å²) in [6.07, 6.45) is -0.708. The zero-order valence-electron chi connectivity index (χ0n) is 19.1. The molecule has 0 saturated heterocycles. The number of nitrogens with zero attached hydrogens (tertiary/aromatic N) is 2. The summed E-state index contributed by atoms with van der Waals surface area (Å²) in [6, 6.07) is 0. The minimum absolute atomic E-state index is 0.0753. The quantitative estimate of drug-likeness (QED) is 0.313. The van der Waals surface area contributed by atoms with Crippen LogP contribution in [0.3, 0.4) is 0 Å². The molecule has 10 heteroatoms. The lowest BCUT2D eigenvalue weighted by molar-refractivity contribution is -0.128. The van der Waals surface area contributed by atoms with Gasteiger partial charge in [0.05, 0.1) is 13.1 Å². The van der Waals surface area contributed by atoms with Gasteiger partial charge in [0.25, 0.3) is 0 Å². The molecule has 0 spiro atoms. The number of carbonyl (C=O) groups is 4. The first-order valence-corrected chi connectivity index (χ1v) is 10.3. The van der Waals surface area contributed by atoms with Crippen LogP contribution in [0.25, 0.3) is 0 Å². The number of amides is 4. The minimum Gasteiger partial charge on any atom is -0.448 e. The number of hydrogen-bond acceptors (Lipinski definition) is 6. The Morgan fingerprint density at radius 1 is 0.742 bits per heavy atom. The smallest absolute Gasteiger partial charge is 0.407 e. The molecule has 0 aliphatic heterocycles. The monoisotopic (exact) mass is 440 g/mol. The predicted molar refractivity (Wildman–Crippen MR) is 117 cm³/mol. The summed E-state index contributed by atoms with van der Waals surface area (Å²) >= 11 is 0. The first kappa shape index (κ1) is 28.0. The molecule has 0 bridgehead atoms. The first-order chi connectivity index (χ1) is 14.6. The normalized spacial score (nSPS) is 9.94. The van der Waals surface area contributed by atoms with Gasteiger partial charge in [0.2, 0.25) is 11.8 Å². The van der Waals surface area contributed by atoms with Crippen LogP contribution in [0, 0.1) is 0 Å². The molecule has 0 fully saturated rings. The molecule has 176 valence electrons. The summed E-state index contributed by atoms with van der Waals surface area (Å²) in [6.45, 7) is 16.5. The standard InChI is InChI=1S/C21H36N4O6/c1-7-24(18(26)16(3)4)12-14-30-20(28)22-10-9-11-23-21(29)31-15-13-25(8-2)19(27)17(5)6/h3,5,7-15H2,1-2,4,6H3,(H,22,28)(H,23,29). The molecule has 0 aromatic heterocycles. The molecular weight excluding hydrogens is 404 g/mol. The van der Waals surface area contributed by atoms with Crippen LogP contribution in [-0.4, -0.2) is 86.3 Å². The van der Waals surface area contributed by atoms with Crippen LogP contribution in [0.5, 0.6) is 0 Å². The first-order valence-electron chi connectivity index (χ1n) is 10.3. The molecule has 0 aliphatic rings. The Morgan fingerprint density at radius 2 is 1.10 bits per heavy atom. The van der Waals surface area contributed by atoms with E-state index >= 15 is 0 Å². The molecule has 2 N–H and O–H groups in total. The number of carbonyl (C=O) groups excluding carboxylic acids is 4. The number of likely N-dealkylation sites (N-methyl/N-ethyl adjacent to an activating group) is 2. The van der Waals surface area contributed by atoms with Crippen molar-refractivity contribution in [1.29, 1.82) is 0 Å². The Bertz CT molecular complexity index is 596. The topological polar surface area (TPSA) is 117 Å². The highest BCUT2D eigenvalue weighted by molar-refractivity contribution is 5.92. The van der Waals surface area contributed by atoms with Crippen molar-refractivity contribution in [2.75, 3.05) is 52.5 Å². The lowest BCUT2D eigenvalue weighted by Crippen LogP contribution is -2.36. The molecule has 0 saturated carbocycles. The van der Waals surface area contributed by atoms with Crippen molar-refractivity contribution in [3.8, 4) is 0 Å². The highest BCUT2D eigenvalue weighted by Crippen LogP contribution is 1.99. The van der Waals surface area contributed by atoms with E-state index in [0.717, 1.165) is 0 Å². The van der Waals surface area contributed by atoms with E-state index in [0.29, 0.717) is 43.7 Å². The van der Waals surface area contributed by atoms with E-state index in [-0.39, 0.29) is 38.1 Å². The van der Waals surface area contributed by atoms with Gasteiger partial charge in [-0.2, -0.15) is 0 Å². The zero-order valence-corrected chi connectivity index (χ0v) is 19.1. The van der Waals surface area contributed by atoms with Crippen molar-refractivity contribution in [3.05, 3.63) is 24.3 Å². The third-order valence-electron chi connectivity index (χ3n) is 4.15. The van der Waals surface area contributed by atoms with Gasteiger partial charge in [-0.05, 0) is 34.1 Å². The second-order valence-corrected chi connectivity index (χ2v) is 6.81. The van der Waals surface area contributed by atoms with Crippen molar-refractivity contribution in [2.45, 2.75) is 34.1 Å². The molecule has 4 amide bonds. The second kappa shape index (κ2) is 15.8. The zero-order chi connectivity index (χ0) is 23.8. The largest absolute Gasteiger partial charge is 0.448 e. The summed E-state index contributed by atoms with van der Waals surface area (Å²) in [5, 5.41) is 5.12. The van der Waals surface area contributed by atoms with E-state index < -0.39 is 12.2 Å². The second-order valence-electron chi connectivity index (χ2n) is 6.81. The molecule has 31 heavy (non-hydrogen) atoms. The number of rotatable bonds is 14. The third kappa shape index (κ3) is 12.3. The molecule has 0 aromatic rings. The van der Waals surface area contributed by atoms with Gasteiger partial charge in [-0.1, -0.05) is 13.2 Å². The number of nitrogens with one attached hydrogen (secondary N) is 2. The van der Waals surface area contributed by atoms with E-state index in [1.165, 1.54) is 0 Å². The average Bonchev–Trinajstić information content (AvgIpc) is 2.72. The van der Waals surface area contributed by atoms with Crippen LogP contribution in [0.1, 0.15) is 34.1 Å². The van der Waals surface area contributed by atoms with Gasteiger partial charge >= 0.3 is 12.2 Å². The molecule has 0 atom stereocenters. The predicted octanol–water partition coefficient (Wildman–Crippen LogP) is 1.68. The minimum atomic E-state index is -0.594. The van der Waals surface area contributed by atoms with Crippen molar-refractivity contribution in [2.24, 2.45) is 0 Å². The van der Waals surface area contributed by atoms with E-state index in [1.54, 1.807) is 23.6 Å². The summed E-state index contributed by atoms with van der Waals surface area (Å²) < 4.78 is 10.1. The summed E-state index contributed by atoms with van der Waals surface area (Å²) in [4.78, 5) is 50.0. The maximum Gasteiger partial charge on any atom is 0.407 e. The van der Waals surface area contributed by atoms with Crippen LogP contribution in [0.4, 0.5) is 9.59 Å². The molecular formula is C21H36N4O6.